The summed E-state index contributed by atoms with van der Waals surface area (Å²) in [4.78, 5) is 13.9. The molecule has 1 saturated carbocycles. The van der Waals surface area contributed by atoms with E-state index in [2.05, 4.69) is 10.3 Å². The molecule has 5 nitrogen and oxygen atoms in total. The Morgan fingerprint density at radius 3 is 2.78 bits per heavy atom. The van der Waals surface area contributed by atoms with Crippen LogP contribution in [0.25, 0.3) is 0 Å². The number of aromatic nitrogens is 3. The lowest BCUT2D eigenvalue weighted by Gasteiger charge is -2.38. The fourth-order valence-corrected chi connectivity index (χ4v) is 3.80. The van der Waals surface area contributed by atoms with Crippen molar-refractivity contribution in [3.8, 4) is 0 Å². The highest BCUT2D eigenvalue weighted by atomic mass is 32.2. The maximum Gasteiger partial charge on any atom is 0.232 e. The number of carbonyl (C=O) groups excluding carboxylic acids is 1. The molecule has 18 heavy (non-hydrogen) atoms. The molecule has 1 saturated heterocycles. The molecule has 1 aromatic heterocycles. The Morgan fingerprint density at radius 2 is 2.11 bits per heavy atom. The predicted octanol–water partition coefficient (Wildman–Crippen LogP) is 1.34. The van der Waals surface area contributed by atoms with Crippen molar-refractivity contribution in [3.63, 3.8) is 0 Å². The van der Waals surface area contributed by atoms with Crippen LogP contribution in [-0.4, -0.2) is 49.9 Å². The Labute approximate surface area is 111 Å². The maximum atomic E-state index is 12.0. The second-order valence-corrected chi connectivity index (χ2v) is 6.34. The van der Waals surface area contributed by atoms with Gasteiger partial charge in [0.1, 0.15) is 0 Å². The smallest absolute Gasteiger partial charge is 0.232 e. The molecule has 0 bridgehead atoms. The largest absolute Gasteiger partial charge is 0.338 e. The number of nitrogens with zero attached hydrogens (tertiary/aromatic N) is 4. The highest BCUT2D eigenvalue weighted by molar-refractivity contribution is 8.00. The standard InChI is InChI=1S/C12H18N4OS/c17-12(9-18-11-3-1-2-4-11)15-7-10(8-15)16-6-5-13-14-16/h5-6,10-11H,1-4,7-9H2. The third-order valence-electron chi connectivity index (χ3n) is 3.77. The van der Waals surface area contributed by atoms with Crippen molar-refractivity contribution in [2.24, 2.45) is 0 Å². The summed E-state index contributed by atoms with van der Waals surface area (Å²) in [5, 5.41) is 8.48. The summed E-state index contributed by atoms with van der Waals surface area (Å²) in [6.45, 7) is 1.57. The fraction of sp³-hybridized carbons (Fsp3) is 0.750. The van der Waals surface area contributed by atoms with Gasteiger partial charge in [0.2, 0.25) is 5.91 Å². The number of thioether (sulfide) groups is 1. The maximum absolute atomic E-state index is 12.0. The Morgan fingerprint density at radius 1 is 1.33 bits per heavy atom. The zero-order valence-corrected chi connectivity index (χ0v) is 11.2. The zero-order chi connectivity index (χ0) is 12.4. The van der Waals surface area contributed by atoms with Crippen molar-refractivity contribution < 1.29 is 4.79 Å². The second kappa shape index (κ2) is 5.30. The first-order valence-electron chi connectivity index (χ1n) is 6.58. The van der Waals surface area contributed by atoms with Gasteiger partial charge in [0.05, 0.1) is 18.0 Å². The van der Waals surface area contributed by atoms with Gasteiger partial charge < -0.3 is 4.90 Å². The van der Waals surface area contributed by atoms with Crippen LogP contribution >= 0.6 is 11.8 Å². The molecule has 98 valence electrons. The molecule has 0 spiro atoms. The summed E-state index contributed by atoms with van der Waals surface area (Å²) in [5.41, 5.74) is 0. The van der Waals surface area contributed by atoms with Gasteiger partial charge in [-0.1, -0.05) is 18.1 Å². The third kappa shape index (κ3) is 2.53. The monoisotopic (exact) mass is 266 g/mol. The average molecular weight is 266 g/mol. The summed E-state index contributed by atoms with van der Waals surface area (Å²) >= 11 is 1.84. The first-order valence-corrected chi connectivity index (χ1v) is 7.63. The first kappa shape index (κ1) is 12.0. The lowest BCUT2D eigenvalue weighted by molar-refractivity contribution is -0.134. The van der Waals surface area contributed by atoms with E-state index in [9.17, 15) is 4.79 Å². The van der Waals surface area contributed by atoms with E-state index in [1.54, 1.807) is 6.20 Å². The number of rotatable bonds is 4. The minimum Gasteiger partial charge on any atom is -0.338 e. The number of amides is 1. The first-order chi connectivity index (χ1) is 8.83. The van der Waals surface area contributed by atoms with Crippen LogP contribution in [0.4, 0.5) is 0 Å². The minimum atomic E-state index is 0.281. The molecule has 1 aliphatic heterocycles. The molecule has 0 aromatic carbocycles. The zero-order valence-electron chi connectivity index (χ0n) is 10.4. The molecular weight excluding hydrogens is 248 g/mol. The summed E-state index contributed by atoms with van der Waals surface area (Å²) in [6.07, 6.45) is 8.80. The summed E-state index contributed by atoms with van der Waals surface area (Å²) in [6, 6.07) is 0.327. The summed E-state index contributed by atoms with van der Waals surface area (Å²) < 4.78 is 1.84. The van der Waals surface area contributed by atoms with E-state index in [1.807, 2.05) is 27.5 Å². The highest BCUT2D eigenvalue weighted by Gasteiger charge is 2.32. The van der Waals surface area contributed by atoms with E-state index < -0.39 is 0 Å². The van der Waals surface area contributed by atoms with Gasteiger partial charge >= 0.3 is 0 Å². The Kier molecular flexibility index (Phi) is 3.54. The summed E-state index contributed by atoms with van der Waals surface area (Å²) in [7, 11) is 0. The van der Waals surface area contributed by atoms with Crippen molar-refractivity contribution in [2.75, 3.05) is 18.8 Å². The van der Waals surface area contributed by atoms with Crippen LogP contribution in [0.15, 0.2) is 12.4 Å². The van der Waals surface area contributed by atoms with Crippen molar-refractivity contribution in [1.82, 2.24) is 19.9 Å². The Balaban J connectivity index is 1.39. The summed E-state index contributed by atoms with van der Waals surface area (Å²) in [5.74, 6) is 0.928. The molecule has 1 amide bonds. The highest BCUT2D eigenvalue weighted by Crippen LogP contribution is 2.30. The van der Waals surface area contributed by atoms with Crippen LogP contribution < -0.4 is 0 Å². The van der Waals surface area contributed by atoms with Gasteiger partial charge in [-0.15, -0.1) is 16.9 Å². The third-order valence-corrected chi connectivity index (χ3v) is 5.13. The van der Waals surface area contributed by atoms with Crippen molar-refractivity contribution >= 4 is 17.7 Å². The van der Waals surface area contributed by atoms with Crippen LogP contribution in [0, 0.1) is 0 Å². The van der Waals surface area contributed by atoms with Gasteiger partial charge in [-0.05, 0) is 12.8 Å². The minimum absolute atomic E-state index is 0.281. The fourth-order valence-electron chi connectivity index (χ4n) is 2.57. The molecule has 2 aliphatic rings. The molecule has 0 N–H and O–H groups in total. The SMILES string of the molecule is O=C(CSC1CCCC1)N1CC(n2ccnn2)C1. The van der Waals surface area contributed by atoms with E-state index in [0.717, 1.165) is 18.3 Å². The van der Waals surface area contributed by atoms with Gasteiger partial charge in [0.25, 0.3) is 0 Å². The van der Waals surface area contributed by atoms with Crippen molar-refractivity contribution in [1.29, 1.82) is 0 Å². The van der Waals surface area contributed by atoms with Crippen LogP contribution in [0.2, 0.25) is 0 Å². The number of hydrogen-bond acceptors (Lipinski definition) is 4. The average Bonchev–Trinajstić information content (AvgIpc) is 2.97. The second-order valence-electron chi connectivity index (χ2n) is 5.05. The van der Waals surface area contributed by atoms with E-state index >= 15 is 0 Å². The molecule has 0 unspecified atom stereocenters. The quantitative estimate of drug-likeness (QED) is 0.825. The predicted molar refractivity (Wildman–Crippen MR) is 70.4 cm³/mol. The van der Waals surface area contributed by atoms with Gasteiger partial charge in [-0.25, -0.2) is 4.68 Å². The molecular formula is C12H18N4OS. The lowest BCUT2D eigenvalue weighted by atomic mass is 10.1. The number of hydrogen-bond donors (Lipinski definition) is 0. The molecule has 1 aliphatic carbocycles. The van der Waals surface area contributed by atoms with E-state index in [1.165, 1.54) is 25.7 Å². The molecule has 2 fully saturated rings. The normalized spacial score (nSPS) is 21.2. The molecule has 1 aromatic rings. The molecule has 0 radical (unpaired) electrons. The van der Waals surface area contributed by atoms with Crippen molar-refractivity contribution in [2.45, 2.75) is 37.0 Å². The van der Waals surface area contributed by atoms with Gasteiger partial charge in [-0.2, -0.15) is 0 Å². The van der Waals surface area contributed by atoms with E-state index in [-0.39, 0.29) is 5.91 Å². The van der Waals surface area contributed by atoms with E-state index in [0.29, 0.717) is 11.8 Å². The molecule has 3 rings (SSSR count). The van der Waals surface area contributed by atoms with E-state index in [4.69, 9.17) is 0 Å². The van der Waals surface area contributed by atoms with Crippen LogP contribution in [-0.2, 0) is 4.79 Å². The Hall–Kier alpha value is -1.04. The van der Waals surface area contributed by atoms with Crippen molar-refractivity contribution in [3.05, 3.63) is 12.4 Å². The van der Waals surface area contributed by atoms with Gasteiger partial charge in [0, 0.05) is 24.5 Å². The lowest BCUT2D eigenvalue weighted by Crippen LogP contribution is -2.51. The Bertz CT molecular complexity index is 396. The molecule has 2 heterocycles. The topological polar surface area (TPSA) is 51.0 Å². The van der Waals surface area contributed by atoms with Crippen LogP contribution in [0.5, 0.6) is 0 Å². The van der Waals surface area contributed by atoms with Crippen LogP contribution in [0.3, 0.4) is 0 Å². The molecule has 0 atom stereocenters. The van der Waals surface area contributed by atoms with Gasteiger partial charge in [0.15, 0.2) is 0 Å². The van der Waals surface area contributed by atoms with Gasteiger partial charge in [-0.3, -0.25) is 4.79 Å². The number of carbonyl (C=O) groups is 1. The van der Waals surface area contributed by atoms with Crippen LogP contribution in [0.1, 0.15) is 31.7 Å². The molecule has 6 heteroatoms. The number of likely N-dealkylation sites (tertiary alicyclic amines) is 1.